The molecule has 1 aliphatic heterocycles. The molecular weight excluding hydrogens is 353 g/mol. The number of ketones is 1. The van der Waals surface area contributed by atoms with Gasteiger partial charge in [0.2, 0.25) is 0 Å². The van der Waals surface area contributed by atoms with Crippen LogP contribution in [0.15, 0.2) is 34.1 Å². The molecule has 2 aromatic rings. The van der Waals surface area contributed by atoms with Crippen molar-refractivity contribution in [2.45, 2.75) is 29.5 Å². The number of benzene rings is 1. The summed E-state index contributed by atoms with van der Waals surface area (Å²) in [4.78, 5) is 39.4. The number of carboxylic acid groups (broad SMARTS) is 1. The van der Waals surface area contributed by atoms with E-state index in [4.69, 9.17) is 0 Å². The SMILES string of the molecule is CC1(C)c2sc(=O)[nH]c2S[C@H](C(=O)O)[C@H]1C(=O)c1ccc(F)cc1. The molecular formula is C16H14FNO4S2. The normalized spacial score (nSPS) is 22.0. The number of thiazole rings is 1. The summed E-state index contributed by atoms with van der Waals surface area (Å²) >= 11 is 1.98. The highest BCUT2D eigenvalue weighted by Gasteiger charge is 2.51. The molecule has 2 heterocycles. The van der Waals surface area contributed by atoms with Crippen LogP contribution in [0.5, 0.6) is 0 Å². The molecule has 1 aliphatic rings. The number of carbonyl (C=O) groups is 2. The van der Waals surface area contributed by atoms with Gasteiger partial charge in [0.1, 0.15) is 11.1 Å². The summed E-state index contributed by atoms with van der Waals surface area (Å²) in [6.45, 7) is 3.52. The number of nitrogens with one attached hydrogen (secondary N) is 1. The Balaban J connectivity index is 2.12. The Bertz CT molecular complexity index is 869. The van der Waals surface area contributed by atoms with Gasteiger partial charge >= 0.3 is 10.8 Å². The van der Waals surface area contributed by atoms with Crippen LogP contribution in [0.1, 0.15) is 29.1 Å². The molecule has 0 aliphatic carbocycles. The Morgan fingerprint density at radius 3 is 2.46 bits per heavy atom. The number of fused-ring (bicyclic) bond motifs is 1. The van der Waals surface area contributed by atoms with E-state index in [1.807, 2.05) is 0 Å². The van der Waals surface area contributed by atoms with Crippen LogP contribution in [0.25, 0.3) is 0 Å². The van der Waals surface area contributed by atoms with Crippen molar-refractivity contribution in [3.63, 3.8) is 0 Å². The lowest BCUT2D eigenvalue weighted by Crippen LogP contribution is -2.47. The van der Waals surface area contributed by atoms with Gasteiger partial charge in [0.15, 0.2) is 5.78 Å². The fourth-order valence-corrected chi connectivity index (χ4v) is 5.67. The minimum absolute atomic E-state index is 0.257. The first-order valence-corrected chi connectivity index (χ1v) is 8.84. The molecule has 8 heteroatoms. The summed E-state index contributed by atoms with van der Waals surface area (Å²) in [7, 11) is 0. The van der Waals surface area contributed by atoms with Crippen molar-refractivity contribution >= 4 is 34.9 Å². The second-order valence-corrected chi connectivity index (χ2v) is 8.25. The van der Waals surface area contributed by atoms with Crippen molar-refractivity contribution in [1.82, 2.24) is 4.98 Å². The average Bonchev–Trinajstić information content (AvgIpc) is 2.88. The first kappa shape index (κ1) is 16.9. The van der Waals surface area contributed by atoms with Gasteiger partial charge in [0.05, 0.1) is 10.9 Å². The summed E-state index contributed by atoms with van der Waals surface area (Å²) in [6.07, 6.45) is 0. The van der Waals surface area contributed by atoms with E-state index in [0.717, 1.165) is 23.1 Å². The second-order valence-electron chi connectivity index (χ2n) is 6.12. The van der Waals surface area contributed by atoms with Gasteiger partial charge in [-0.1, -0.05) is 36.9 Å². The summed E-state index contributed by atoms with van der Waals surface area (Å²) in [6, 6.07) is 5.05. The van der Waals surface area contributed by atoms with Crippen LogP contribution in [-0.4, -0.2) is 27.1 Å². The van der Waals surface area contributed by atoms with E-state index in [9.17, 15) is 23.9 Å². The molecule has 0 bridgehead atoms. The summed E-state index contributed by atoms with van der Waals surface area (Å²) < 4.78 is 13.1. The third-order valence-corrected chi connectivity index (χ3v) is 6.80. The minimum atomic E-state index is -1.12. The number of Topliss-reactive ketones (excluding diaryl/α,β-unsaturated/α-hetero) is 1. The number of aliphatic carboxylic acids is 1. The Labute approximate surface area is 144 Å². The molecule has 0 saturated carbocycles. The highest BCUT2D eigenvalue weighted by atomic mass is 32.2. The fourth-order valence-electron chi connectivity index (χ4n) is 2.99. The van der Waals surface area contributed by atoms with Gasteiger partial charge in [0, 0.05) is 15.9 Å². The molecule has 0 saturated heterocycles. The van der Waals surface area contributed by atoms with Crippen LogP contribution in [-0.2, 0) is 10.2 Å². The maximum Gasteiger partial charge on any atom is 0.317 e. The van der Waals surface area contributed by atoms with Crippen LogP contribution in [0.2, 0.25) is 0 Å². The van der Waals surface area contributed by atoms with Gasteiger partial charge < -0.3 is 10.1 Å². The van der Waals surface area contributed by atoms with Gasteiger partial charge in [-0.25, -0.2) is 4.39 Å². The highest BCUT2D eigenvalue weighted by molar-refractivity contribution is 8.00. The van der Waals surface area contributed by atoms with Crippen LogP contribution in [0.4, 0.5) is 4.39 Å². The molecule has 0 spiro atoms. The molecule has 3 rings (SSSR count). The Morgan fingerprint density at radius 2 is 1.88 bits per heavy atom. The van der Waals surface area contributed by atoms with Crippen molar-refractivity contribution in [3.8, 4) is 0 Å². The second kappa shape index (κ2) is 5.86. The largest absolute Gasteiger partial charge is 0.480 e. The standard InChI is InChI=1S/C16H14FNO4S2/c1-16(2)9(10(19)7-3-5-8(17)6-4-7)11(14(20)21)23-13-12(16)24-15(22)18-13/h3-6,9,11H,1-2H3,(H,18,22)(H,20,21)/t9-,11+/m1/s1. The number of aromatic nitrogens is 1. The predicted molar refractivity (Wildman–Crippen MR) is 89.5 cm³/mol. The van der Waals surface area contributed by atoms with E-state index in [2.05, 4.69) is 4.98 Å². The number of hydrogen-bond acceptors (Lipinski definition) is 5. The number of hydrogen-bond donors (Lipinski definition) is 2. The summed E-state index contributed by atoms with van der Waals surface area (Å²) in [5, 5.41) is 9.06. The van der Waals surface area contributed by atoms with Crippen molar-refractivity contribution in [2.75, 3.05) is 0 Å². The molecule has 24 heavy (non-hydrogen) atoms. The number of H-pyrrole nitrogens is 1. The van der Waals surface area contributed by atoms with Crippen LogP contribution < -0.4 is 4.87 Å². The lowest BCUT2D eigenvalue weighted by atomic mass is 9.71. The van der Waals surface area contributed by atoms with Gasteiger partial charge in [-0.15, -0.1) is 0 Å². The van der Waals surface area contributed by atoms with Gasteiger partial charge in [0.25, 0.3) is 0 Å². The van der Waals surface area contributed by atoms with Crippen LogP contribution in [0.3, 0.4) is 0 Å². The lowest BCUT2D eigenvalue weighted by molar-refractivity contribution is -0.137. The number of carbonyl (C=O) groups excluding carboxylic acids is 1. The number of thioether (sulfide) groups is 1. The topological polar surface area (TPSA) is 87.2 Å². The van der Waals surface area contributed by atoms with Crippen molar-refractivity contribution < 1.29 is 19.1 Å². The van der Waals surface area contributed by atoms with Crippen LogP contribution >= 0.6 is 23.1 Å². The molecule has 0 radical (unpaired) electrons. The Hall–Kier alpha value is -1.93. The lowest BCUT2D eigenvalue weighted by Gasteiger charge is -2.40. The summed E-state index contributed by atoms with van der Waals surface area (Å²) in [5.74, 6) is -2.83. The van der Waals surface area contributed by atoms with E-state index in [1.165, 1.54) is 24.3 Å². The number of rotatable bonds is 3. The molecule has 0 amide bonds. The first-order valence-electron chi connectivity index (χ1n) is 7.14. The third-order valence-electron chi connectivity index (χ3n) is 4.18. The first-order chi connectivity index (χ1) is 11.2. The van der Waals surface area contributed by atoms with Gasteiger partial charge in [-0.2, -0.15) is 0 Å². The number of halogens is 1. The Kier molecular flexibility index (Phi) is 4.13. The zero-order valence-electron chi connectivity index (χ0n) is 12.8. The Morgan fingerprint density at radius 1 is 1.25 bits per heavy atom. The summed E-state index contributed by atoms with van der Waals surface area (Å²) in [5.41, 5.74) is -0.577. The molecule has 2 N–H and O–H groups in total. The van der Waals surface area contributed by atoms with E-state index in [1.54, 1.807) is 13.8 Å². The molecule has 126 valence electrons. The molecule has 2 atom stereocenters. The van der Waals surface area contributed by atoms with Gasteiger partial charge in [-0.05, 0) is 24.3 Å². The monoisotopic (exact) mass is 367 g/mol. The third kappa shape index (κ3) is 2.69. The molecule has 0 fully saturated rings. The maximum atomic E-state index is 13.1. The van der Waals surface area contributed by atoms with E-state index in [0.29, 0.717) is 9.90 Å². The average molecular weight is 367 g/mol. The predicted octanol–water partition coefficient (Wildman–Crippen LogP) is 2.91. The van der Waals surface area contributed by atoms with E-state index < -0.39 is 28.4 Å². The molecule has 0 unspecified atom stereocenters. The molecule has 1 aromatic carbocycles. The van der Waals surface area contributed by atoms with E-state index in [-0.39, 0.29) is 16.2 Å². The van der Waals surface area contributed by atoms with Gasteiger partial charge in [-0.3, -0.25) is 14.4 Å². The number of aromatic amines is 1. The zero-order valence-corrected chi connectivity index (χ0v) is 14.5. The maximum absolute atomic E-state index is 13.1. The van der Waals surface area contributed by atoms with Crippen LogP contribution in [0, 0.1) is 11.7 Å². The quantitative estimate of drug-likeness (QED) is 0.815. The minimum Gasteiger partial charge on any atom is -0.480 e. The van der Waals surface area contributed by atoms with Crippen molar-refractivity contribution in [2.24, 2.45) is 5.92 Å². The highest BCUT2D eigenvalue weighted by Crippen LogP contribution is 2.50. The number of carboxylic acids is 1. The molecule has 1 aromatic heterocycles. The van der Waals surface area contributed by atoms with Crippen molar-refractivity contribution in [3.05, 3.63) is 50.2 Å². The molecule has 5 nitrogen and oxygen atoms in total. The zero-order chi connectivity index (χ0) is 17.6. The van der Waals surface area contributed by atoms with Crippen molar-refractivity contribution in [1.29, 1.82) is 0 Å². The van der Waals surface area contributed by atoms with E-state index >= 15 is 0 Å². The fraction of sp³-hybridized carbons (Fsp3) is 0.312. The smallest absolute Gasteiger partial charge is 0.317 e.